The molecule has 0 radical (unpaired) electrons. The second-order valence-corrected chi connectivity index (χ2v) is 8.62. The van der Waals surface area contributed by atoms with Gasteiger partial charge >= 0.3 is 0 Å². The largest absolute Gasteiger partial charge is 0.507 e. The Balaban J connectivity index is 1.88. The highest BCUT2D eigenvalue weighted by Crippen LogP contribution is 2.41. The first-order valence-electron chi connectivity index (χ1n) is 11.0. The van der Waals surface area contributed by atoms with Crippen molar-refractivity contribution in [1.82, 2.24) is 9.88 Å². The third kappa shape index (κ3) is 4.41. The molecule has 174 valence electrons. The highest BCUT2D eigenvalue weighted by molar-refractivity contribution is 6.47. The maximum absolute atomic E-state index is 13.3. The first-order chi connectivity index (χ1) is 16.3. The van der Waals surface area contributed by atoms with Gasteiger partial charge in [0, 0.05) is 24.5 Å². The predicted octanol–water partition coefficient (Wildman–Crippen LogP) is 5.37. The Morgan fingerprint density at radius 3 is 2.53 bits per heavy atom. The van der Waals surface area contributed by atoms with Gasteiger partial charge in [0.05, 0.1) is 23.2 Å². The van der Waals surface area contributed by atoms with Crippen molar-refractivity contribution in [3.05, 3.63) is 99.3 Å². The molecule has 1 atom stereocenters. The van der Waals surface area contributed by atoms with Crippen LogP contribution in [0.4, 0.5) is 0 Å². The zero-order valence-electron chi connectivity index (χ0n) is 19.2. The number of carbonyl (C=O) groups is 2. The lowest BCUT2D eigenvalue weighted by atomic mass is 9.95. The Hall–Kier alpha value is -3.64. The number of ketones is 1. The first-order valence-corrected chi connectivity index (χ1v) is 11.4. The van der Waals surface area contributed by atoms with Gasteiger partial charge < -0.3 is 14.7 Å². The molecule has 1 aliphatic heterocycles. The summed E-state index contributed by atoms with van der Waals surface area (Å²) in [4.78, 5) is 32.1. The number of aliphatic hydroxyl groups is 1. The molecule has 34 heavy (non-hydrogen) atoms. The number of amides is 1. The van der Waals surface area contributed by atoms with Crippen molar-refractivity contribution in [1.29, 1.82) is 0 Å². The van der Waals surface area contributed by atoms with E-state index in [2.05, 4.69) is 4.98 Å². The molecule has 1 fully saturated rings. The SMILES string of the molecule is CCOc1ccc(Cl)c(/C(O)=C2\C(=O)C(=O)N(Cc3cc(C)ccc3C)C2c2ccncc2)c1. The van der Waals surface area contributed by atoms with E-state index < -0.39 is 17.7 Å². The topological polar surface area (TPSA) is 79.7 Å². The van der Waals surface area contributed by atoms with Gasteiger partial charge in [-0.1, -0.05) is 35.4 Å². The quantitative estimate of drug-likeness (QED) is 0.294. The van der Waals surface area contributed by atoms with E-state index in [0.717, 1.165) is 16.7 Å². The highest BCUT2D eigenvalue weighted by Gasteiger charge is 2.46. The molecule has 6 nitrogen and oxygen atoms in total. The molecule has 0 spiro atoms. The summed E-state index contributed by atoms with van der Waals surface area (Å²) in [6.07, 6.45) is 3.19. The minimum atomic E-state index is -0.797. The summed E-state index contributed by atoms with van der Waals surface area (Å²) in [6.45, 7) is 6.43. The molecule has 7 heteroatoms. The summed E-state index contributed by atoms with van der Waals surface area (Å²) in [5, 5.41) is 11.6. The zero-order valence-corrected chi connectivity index (χ0v) is 20.0. The molecule has 0 saturated carbocycles. The third-order valence-corrected chi connectivity index (χ3v) is 6.24. The van der Waals surface area contributed by atoms with Gasteiger partial charge in [-0.3, -0.25) is 14.6 Å². The van der Waals surface area contributed by atoms with E-state index in [0.29, 0.717) is 17.9 Å². The van der Waals surface area contributed by atoms with Crippen molar-refractivity contribution in [3.8, 4) is 5.75 Å². The van der Waals surface area contributed by atoms with E-state index in [4.69, 9.17) is 16.3 Å². The number of carbonyl (C=O) groups excluding carboxylic acids is 2. The molecule has 1 N–H and O–H groups in total. The molecule has 1 aliphatic rings. The fourth-order valence-corrected chi connectivity index (χ4v) is 4.38. The number of benzene rings is 2. The molecule has 1 saturated heterocycles. The standard InChI is InChI=1S/C27H25ClN2O4/c1-4-34-20-7-8-22(28)21(14-20)25(31)23-24(18-9-11-29-12-10-18)30(27(33)26(23)32)15-19-13-16(2)5-6-17(19)3/h5-14,24,31H,4,15H2,1-3H3/b25-23+. The number of aryl methyl sites for hydroxylation is 2. The van der Waals surface area contributed by atoms with Crippen LogP contribution in [-0.4, -0.2) is 33.3 Å². The van der Waals surface area contributed by atoms with Crippen molar-refractivity contribution in [2.45, 2.75) is 33.4 Å². The van der Waals surface area contributed by atoms with E-state index in [1.165, 1.54) is 4.90 Å². The lowest BCUT2D eigenvalue weighted by Gasteiger charge is -2.26. The van der Waals surface area contributed by atoms with Gasteiger partial charge in [-0.25, -0.2) is 0 Å². The van der Waals surface area contributed by atoms with Crippen LogP contribution in [0.15, 0.2) is 66.5 Å². The Bertz CT molecular complexity index is 1290. The van der Waals surface area contributed by atoms with E-state index in [1.807, 2.05) is 39.0 Å². The summed E-state index contributed by atoms with van der Waals surface area (Å²) in [6, 6.07) is 13.5. The lowest BCUT2D eigenvalue weighted by molar-refractivity contribution is -0.140. The summed E-state index contributed by atoms with van der Waals surface area (Å²) >= 11 is 6.38. The third-order valence-electron chi connectivity index (χ3n) is 5.91. The monoisotopic (exact) mass is 476 g/mol. The second-order valence-electron chi connectivity index (χ2n) is 8.21. The van der Waals surface area contributed by atoms with Crippen molar-refractivity contribution >= 4 is 29.1 Å². The van der Waals surface area contributed by atoms with E-state index >= 15 is 0 Å². The van der Waals surface area contributed by atoms with E-state index in [-0.39, 0.29) is 28.5 Å². The average molecular weight is 477 g/mol. The van der Waals surface area contributed by atoms with Crippen molar-refractivity contribution in [3.63, 3.8) is 0 Å². The van der Waals surface area contributed by atoms with Crippen LogP contribution in [0.5, 0.6) is 5.75 Å². The summed E-state index contributed by atoms with van der Waals surface area (Å²) in [5.74, 6) is -1.28. The fourth-order valence-electron chi connectivity index (χ4n) is 4.18. The molecule has 1 unspecified atom stereocenters. The molecule has 1 amide bonds. The van der Waals surface area contributed by atoms with Crippen molar-refractivity contribution < 1.29 is 19.4 Å². The maximum Gasteiger partial charge on any atom is 0.295 e. The number of likely N-dealkylation sites (tertiary alicyclic amines) is 1. The first kappa shape index (κ1) is 23.5. The van der Waals surface area contributed by atoms with Crippen molar-refractivity contribution in [2.24, 2.45) is 0 Å². The van der Waals surface area contributed by atoms with Crippen LogP contribution in [0.25, 0.3) is 5.76 Å². The number of halogens is 1. The highest BCUT2D eigenvalue weighted by atomic mass is 35.5. The molecule has 1 aromatic heterocycles. The number of hydrogen-bond donors (Lipinski definition) is 1. The summed E-state index contributed by atoms with van der Waals surface area (Å²) < 4.78 is 5.54. The number of aliphatic hydroxyl groups excluding tert-OH is 1. The van der Waals surface area contributed by atoms with Crippen molar-refractivity contribution in [2.75, 3.05) is 6.61 Å². The van der Waals surface area contributed by atoms with Gasteiger partial charge in [0.15, 0.2) is 0 Å². The minimum absolute atomic E-state index is 0.0166. The lowest BCUT2D eigenvalue weighted by Crippen LogP contribution is -2.29. The Morgan fingerprint density at radius 2 is 1.82 bits per heavy atom. The Labute approximate surface area is 203 Å². The molecule has 3 aromatic rings. The Morgan fingerprint density at radius 1 is 1.09 bits per heavy atom. The predicted molar refractivity (Wildman–Crippen MR) is 131 cm³/mol. The molecule has 2 heterocycles. The molecule has 4 rings (SSSR count). The van der Waals surface area contributed by atoms with Crippen LogP contribution < -0.4 is 4.74 Å². The van der Waals surface area contributed by atoms with Crippen LogP contribution in [0, 0.1) is 13.8 Å². The number of nitrogens with zero attached hydrogens (tertiary/aromatic N) is 2. The zero-order chi connectivity index (χ0) is 24.4. The van der Waals surface area contributed by atoms with Gasteiger partial charge in [-0.2, -0.15) is 0 Å². The number of ether oxygens (including phenoxy) is 1. The molecular formula is C27H25ClN2O4. The van der Waals surface area contributed by atoms with Crippen LogP contribution in [0.2, 0.25) is 5.02 Å². The number of pyridine rings is 1. The Kier molecular flexibility index (Phi) is 6.70. The average Bonchev–Trinajstić information content (AvgIpc) is 3.08. The molecular weight excluding hydrogens is 452 g/mol. The normalized spacial score (nSPS) is 17.3. The molecule has 0 bridgehead atoms. The maximum atomic E-state index is 13.3. The number of aromatic nitrogens is 1. The van der Waals surface area contributed by atoms with Crippen LogP contribution >= 0.6 is 11.6 Å². The van der Waals surface area contributed by atoms with Gasteiger partial charge in [0.25, 0.3) is 11.7 Å². The number of rotatable bonds is 6. The second kappa shape index (κ2) is 9.69. The van der Waals surface area contributed by atoms with Crippen LogP contribution in [0.3, 0.4) is 0 Å². The van der Waals surface area contributed by atoms with E-state index in [1.54, 1.807) is 42.7 Å². The smallest absolute Gasteiger partial charge is 0.295 e. The minimum Gasteiger partial charge on any atom is -0.507 e. The van der Waals surface area contributed by atoms with Crippen LogP contribution in [0.1, 0.15) is 40.8 Å². The van der Waals surface area contributed by atoms with Gasteiger partial charge in [-0.05, 0) is 67.8 Å². The van der Waals surface area contributed by atoms with Gasteiger partial charge in [-0.15, -0.1) is 0 Å². The molecule has 0 aliphatic carbocycles. The van der Waals surface area contributed by atoms with Gasteiger partial charge in [0.2, 0.25) is 0 Å². The fraction of sp³-hybridized carbons (Fsp3) is 0.222. The summed E-state index contributed by atoms with van der Waals surface area (Å²) in [7, 11) is 0. The summed E-state index contributed by atoms with van der Waals surface area (Å²) in [5.41, 5.74) is 3.87. The van der Waals surface area contributed by atoms with E-state index in [9.17, 15) is 14.7 Å². The number of hydrogen-bond acceptors (Lipinski definition) is 5. The van der Waals surface area contributed by atoms with Crippen LogP contribution in [-0.2, 0) is 16.1 Å². The number of Topliss-reactive ketones (excluding diaryl/α,β-unsaturated/α-hetero) is 1. The molecule has 2 aromatic carbocycles. The van der Waals surface area contributed by atoms with Gasteiger partial charge in [0.1, 0.15) is 11.5 Å².